The van der Waals surface area contributed by atoms with Crippen molar-refractivity contribution in [2.45, 2.75) is 20.5 Å². The predicted octanol–water partition coefficient (Wildman–Crippen LogP) is 3.97. The lowest BCUT2D eigenvalue weighted by molar-refractivity contribution is -0.118. The number of nitrogens with one attached hydrogen (secondary N) is 1. The molecule has 4 rings (SSSR count). The number of rotatable bonds is 7. The molecular formula is C23H21N3O4S. The van der Waals surface area contributed by atoms with Crippen molar-refractivity contribution >= 4 is 27.9 Å². The Balaban J connectivity index is 1.30. The second-order valence-corrected chi connectivity index (χ2v) is 8.26. The molecule has 2 aromatic heterocycles. The molecule has 2 aromatic carbocycles. The van der Waals surface area contributed by atoms with Crippen LogP contribution in [0, 0.1) is 13.8 Å². The van der Waals surface area contributed by atoms with Gasteiger partial charge in [-0.2, -0.15) is 0 Å². The molecule has 7 nitrogen and oxygen atoms in total. The fraction of sp³-hybridized carbons (Fsp3) is 0.174. The number of aryl methyl sites for hydroxylation is 2. The Bertz CT molecular complexity index is 1260. The van der Waals surface area contributed by atoms with Gasteiger partial charge < -0.3 is 14.8 Å². The molecule has 0 aliphatic heterocycles. The van der Waals surface area contributed by atoms with Crippen LogP contribution in [0.1, 0.15) is 16.1 Å². The molecule has 0 spiro atoms. The van der Waals surface area contributed by atoms with Gasteiger partial charge >= 0.3 is 0 Å². The molecule has 0 radical (unpaired) electrons. The van der Waals surface area contributed by atoms with Gasteiger partial charge in [0.2, 0.25) is 0 Å². The Morgan fingerprint density at radius 3 is 2.45 bits per heavy atom. The number of carbonyl (C=O) groups excluding carboxylic acids is 1. The van der Waals surface area contributed by atoms with Gasteiger partial charge in [-0.15, -0.1) is 11.3 Å². The average Bonchev–Trinajstić information content (AvgIpc) is 3.14. The van der Waals surface area contributed by atoms with Crippen molar-refractivity contribution in [3.8, 4) is 11.5 Å². The van der Waals surface area contributed by atoms with Gasteiger partial charge in [0.05, 0.1) is 5.69 Å². The zero-order valence-electron chi connectivity index (χ0n) is 17.1. The molecule has 0 saturated heterocycles. The fourth-order valence-corrected chi connectivity index (χ4v) is 3.75. The van der Waals surface area contributed by atoms with E-state index in [4.69, 9.17) is 9.47 Å². The van der Waals surface area contributed by atoms with Gasteiger partial charge in [-0.05, 0) is 50.2 Å². The summed E-state index contributed by atoms with van der Waals surface area (Å²) in [4.78, 5) is 30.4. The molecule has 0 atom stereocenters. The monoisotopic (exact) mass is 435 g/mol. The molecule has 0 bridgehead atoms. The van der Waals surface area contributed by atoms with E-state index in [9.17, 15) is 9.59 Å². The third-order valence-electron chi connectivity index (χ3n) is 4.45. The number of anilines is 1. The van der Waals surface area contributed by atoms with Crippen LogP contribution in [0.5, 0.6) is 11.5 Å². The van der Waals surface area contributed by atoms with Crippen molar-refractivity contribution < 1.29 is 14.3 Å². The summed E-state index contributed by atoms with van der Waals surface area (Å²) < 4.78 is 12.7. The molecule has 2 heterocycles. The zero-order valence-corrected chi connectivity index (χ0v) is 17.9. The summed E-state index contributed by atoms with van der Waals surface area (Å²) in [6.07, 6.45) is 1.78. The van der Waals surface area contributed by atoms with Crippen molar-refractivity contribution in [3.05, 3.63) is 87.3 Å². The number of benzene rings is 2. The Morgan fingerprint density at radius 1 is 1.03 bits per heavy atom. The van der Waals surface area contributed by atoms with Crippen LogP contribution in [0.2, 0.25) is 0 Å². The molecule has 158 valence electrons. The van der Waals surface area contributed by atoms with Gasteiger partial charge in [-0.1, -0.05) is 17.7 Å². The van der Waals surface area contributed by atoms with E-state index in [0.29, 0.717) is 27.8 Å². The largest absolute Gasteiger partial charge is 0.487 e. The van der Waals surface area contributed by atoms with E-state index in [2.05, 4.69) is 10.3 Å². The first-order valence-corrected chi connectivity index (χ1v) is 10.5. The summed E-state index contributed by atoms with van der Waals surface area (Å²) in [5.74, 6) is 1.00. The van der Waals surface area contributed by atoms with Crippen LogP contribution in [0.15, 0.2) is 65.6 Å². The maximum atomic E-state index is 12.2. The van der Waals surface area contributed by atoms with E-state index >= 15 is 0 Å². The summed E-state index contributed by atoms with van der Waals surface area (Å²) in [5.41, 5.74) is 2.21. The van der Waals surface area contributed by atoms with Gasteiger partial charge in [0.25, 0.3) is 11.5 Å². The lowest BCUT2D eigenvalue weighted by atomic mass is 10.2. The molecule has 0 aliphatic carbocycles. The zero-order chi connectivity index (χ0) is 21.8. The minimum atomic E-state index is -0.251. The SMILES string of the molecule is Cc1ccc(OCC(=O)Nc2ccc(OCc3cc(=O)n4cc(C)sc4n3)cc2)cc1. The number of hydrogen-bond acceptors (Lipinski definition) is 6. The highest BCUT2D eigenvalue weighted by molar-refractivity contribution is 7.16. The summed E-state index contributed by atoms with van der Waals surface area (Å²) in [5, 5.41) is 2.78. The number of hydrogen-bond donors (Lipinski definition) is 1. The van der Waals surface area contributed by atoms with Gasteiger partial charge in [0.1, 0.15) is 18.1 Å². The number of thiazole rings is 1. The molecule has 31 heavy (non-hydrogen) atoms. The predicted molar refractivity (Wildman–Crippen MR) is 120 cm³/mol. The minimum absolute atomic E-state index is 0.0762. The van der Waals surface area contributed by atoms with Crippen LogP contribution >= 0.6 is 11.3 Å². The summed E-state index contributed by atoms with van der Waals surface area (Å²) in [6, 6.07) is 16.0. The molecule has 0 saturated carbocycles. The minimum Gasteiger partial charge on any atom is -0.487 e. The first kappa shape index (κ1) is 20.6. The van der Waals surface area contributed by atoms with Crippen LogP contribution < -0.4 is 20.3 Å². The van der Waals surface area contributed by atoms with Crippen molar-refractivity contribution in [1.29, 1.82) is 0 Å². The van der Waals surface area contributed by atoms with Crippen molar-refractivity contribution in [3.63, 3.8) is 0 Å². The van der Waals surface area contributed by atoms with Crippen LogP contribution in [-0.2, 0) is 11.4 Å². The Hall–Kier alpha value is -3.65. The number of ether oxygens (including phenoxy) is 2. The Kier molecular flexibility index (Phi) is 5.99. The Labute approximate surface area is 182 Å². The molecule has 0 unspecified atom stereocenters. The fourth-order valence-electron chi connectivity index (χ4n) is 2.90. The highest BCUT2D eigenvalue weighted by Crippen LogP contribution is 2.18. The highest BCUT2D eigenvalue weighted by atomic mass is 32.1. The van der Waals surface area contributed by atoms with E-state index in [1.54, 1.807) is 30.5 Å². The standard InChI is InChI=1S/C23H21N3O4S/c1-15-3-7-19(8-4-15)30-14-21(27)24-17-5-9-20(10-6-17)29-13-18-11-22(28)26-12-16(2)31-23(26)25-18/h3-12H,13-14H2,1-2H3,(H,24,27). The number of carbonyl (C=O) groups is 1. The maximum absolute atomic E-state index is 12.2. The van der Waals surface area contributed by atoms with E-state index in [1.165, 1.54) is 21.8 Å². The van der Waals surface area contributed by atoms with Gasteiger partial charge in [0.15, 0.2) is 11.6 Å². The number of aromatic nitrogens is 2. The molecule has 1 N–H and O–H groups in total. The topological polar surface area (TPSA) is 81.9 Å². The van der Waals surface area contributed by atoms with Crippen molar-refractivity contribution in [1.82, 2.24) is 9.38 Å². The smallest absolute Gasteiger partial charge is 0.262 e. The van der Waals surface area contributed by atoms with Crippen LogP contribution in [0.25, 0.3) is 4.96 Å². The highest BCUT2D eigenvalue weighted by Gasteiger charge is 2.07. The number of nitrogens with zero attached hydrogens (tertiary/aromatic N) is 2. The third-order valence-corrected chi connectivity index (χ3v) is 5.35. The molecule has 4 aromatic rings. The van der Waals surface area contributed by atoms with Crippen molar-refractivity contribution in [2.24, 2.45) is 0 Å². The first-order chi connectivity index (χ1) is 15.0. The van der Waals surface area contributed by atoms with E-state index in [0.717, 1.165) is 10.4 Å². The summed E-state index contributed by atoms with van der Waals surface area (Å²) >= 11 is 1.46. The lowest BCUT2D eigenvalue weighted by Crippen LogP contribution is -2.20. The molecule has 0 aliphatic rings. The molecule has 0 fully saturated rings. The normalized spacial score (nSPS) is 10.8. The van der Waals surface area contributed by atoms with E-state index in [-0.39, 0.29) is 24.7 Å². The quantitative estimate of drug-likeness (QED) is 0.475. The van der Waals surface area contributed by atoms with Gasteiger partial charge in [0, 0.05) is 22.8 Å². The lowest BCUT2D eigenvalue weighted by Gasteiger charge is -2.09. The van der Waals surface area contributed by atoms with Gasteiger partial charge in [-0.25, -0.2) is 4.98 Å². The summed E-state index contributed by atoms with van der Waals surface area (Å²) in [6.45, 7) is 4.03. The Morgan fingerprint density at radius 2 is 1.71 bits per heavy atom. The van der Waals surface area contributed by atoms with Gasteiger partial charge in [-0.3, -0.25) is 14.0 Å². The number of fused-ring (bicyclic) bond motifs is 1. The third kappa shape index (κ3) is 5.29. The van der Waals surface area contributed by atoms with Crippen LogP contribution in [0.4, 0.5) is 5.69 Å². The second kappa shape index (κ2) is 9.01. The first-order valence-electron chi connectivity index (χ1n) is 9.67. The molecule has 8 heteroatoms. The summed E-state index contributed by atoms with van der Waals surface area (Å²) in [7, 11) is 0. The van der Waals surface area contributed by atoms with Crippen LogP contribution in [0.3, 0.4) is 0 Å². The molecular weight excluding hydrogens is 414 g/mol. The van der Waals surface area contributed by atoms with E-state index in [1.807, 2.05) is 38.1 Å². The second-order valence-electron chi connectivity index (χ2n) is 7.04. The maximum Gasteiger partial charge on any atom is 0.262 e. The number of amides is 1. The average molecular weight is 436 g/mol. The van der Waals surface area contributed by atoms with E-state index < -0.39 is 0 Å². The van der Waals surface area contributed by atoms with Crippen molar-refractivity contribution in [2.75, 3.05) is 11.9 Å². The molecule has 1 amide bonds. The van der Waals surface area contributed by atoms with Crippen LogP contribution in [-0.4, -0.2) is 21.9 Å².